The fourth-order valence-electron chi connectivity index (χ4n) is 2.25. The van der Waals surface area contributed by atoms with Gasteiger partial charge in [-0.2, -0.15) is 0 Å². The lowest BCUT2D eigenvalue weighted by atomic mass is 10.1. The molecule has 0 unspecified atom stereocenters. The Morgan fingerprint density at radius 2 is 1.68 bits per heavy atom. The lowest BCUT2D eigenvalue weighted by molar-refractivity contribution is -0.130. The van der Waals surface area contributed by atoms with E-state index < -0.39 is 0 Å². The molecule has 0 bridgehead atoms. The maximum Gasteiger partial charge on any atom is 0.256 e. The number of rotatable bonds is 1. The SMILES string of the molecule is CC(=O)N1CCN(C(=O)c2cc(C)ccc2N)CC1. The summed E-state index contributed by atoms with van der Waals surface area (Å²) in [6.07, 6.45) is 0. The highest BCUT2D eigenvalue weighted by Gasteiger charge is 2.24. The predicted octanol–water partition coefficient (Wildman–Crippen LogP) is 0.882. The molecule has 1 heterocycles. The van der Waals surface area contributed by atoms with Crippen LogP contribution >= 0.6 is 0 Å². The Morgan fingerprint density at radius 3 is 2.26 bits per heavy atom. The second-order valence-corrected chi connectivity index (χ2v) is 4.89. The maximum absolute atomic E-state index is 12.4. The van der Waals surface area contributed by atoms with Gasteiger partial charge >= 0.3 is 0 Å². The number of carbonyl (C=O) groups excluding carboxylic acids is 2. The van der Waals surface area contributed by atoms with Gasteiger partial charge in [0.2, 0.25) is 5.91 Å². The van der Waals surface area contributed by atoms with Gasteiger partial charge < -0.3 is 15.5 Å². The Bertz CT molecular complexity index is 505. The number of hydrogen-bond acceptors (Lipinski definition) is 3. The molecule has 0 atom stereocenters. The molecule has 2 amide bonds. The molecule has 0 saturated carbocycles. The van der Waals surface area contributed by atoms with Crippen LogP contribution in [0.3, 0.4) is 0 Å². The molecule has 1 aliphatic heterocycles. The van der Waals surface area contributed by atoms with Crippen LogP contribution in [0.4, 0.5) is 5.69 Å². The molecule has 0 spiro atoms. The van der Waals surface area contributed by atoms with Gasteiger partial charge in [-0.25, -0.2) is 0 Å². The van der Waals surface area contributed by atoms with Crippen LogP contribution in [0.5, 0.6) is 0 Å². The Balaban J connectivity index is 2.09. The Morgan fingerprint density at radius 1 is 1.11 bits per heavy atom. The van der Waals surface area contributed by atoms with Crippen molar-refractivity contribution < 1.29 is 9.59 Å². The minimum atomic E-state index is -0.0515. The van der Waals surface area contributed by atoms with Crippen molar-refractivity contribution >= 4 is 17.5 Å². The molecule has 1 saturated heterocycles. The van der Waals surface area contributed by atoms with Gasteiger partial charge in [0.25, 0.3) is 5.91 Å². The summed E-state index contributed by atoms with van der Waals surface area (Å²) in [6, 6.07) is 5.46. The summed E-state index contributed by atoms with van der Waals surface area (Å²) in [6.45, 7) is 5.79. The third kappa shape index (κ3) is 2.86. The second kappa shape index (κ2) is 5.30. The summed E-state index contributed by atoms with van der Waals surface area (Å²) < 4.78 is 0. The van der Waals surface area contributed by atoms with E-state index in [1.807, 2.05) is 19.1 Å². The summed E-state index contributed by atoms with van der Waals surface area (Å²) in [5.41, 5.74) is 7.93. The average molecular weight is 261 g/mol. The lowest BCUT2D eigenvalue weighted by Gasteiger charge is -2.34. The van der Waals surface area contributed by atoms with E-state index in [9.17, 15) is 9.59 Å². The number of carbonyl (C=O) groups is 2. The fourth-order valence-corrected chi connectivity index (χ4v) is 2.25. The van der Waals surface area contributed by atoms with E-state index >= 15 is 0 Å². The largest absolute Gasteiger partial charge is 0.398 e. The van der Waals surface area contributed by atoms with Gasteiger partial charge in [-0.3, -0.25) is 9.59 Å². The number of nitrogens with zero attached hydrogens (tertiary/aromatic N) is 2. The van der Waals surface area contributed by atoms with Crippen molar-refractivity contribution in [1.29, 1.82) is 0 Å². The van der Waals surface area contributed by atoms with E-state index in [4.69, 9.17) is 5.73 Å². The number of aryl methyl sites for hydroxylation is 1. The molecular weight excluding hydrogens is 242 g/mol. The molecular formula is C14H19N3O2. The summed E-state index contributed by atoms with van der Waals surface area (Å²) >= 11 is 0. The van der Waals surface area contributed by atoms with Crippen LogP contribution in [-0.4, -0.2) is 47.8 Å². The first kappa shape index (κ1) is 13.4. The van der Waals surface area contributed by atoms with Crippen LogP contribution in [0, 0.1) is 6.92 Å². The van der Waals surface area contributed by atoms with E-state index in [1.54, 1.807) is 22.8 Å². The molecule has 5 heteroatoms. The topological polar surface area (TPSA) is 66.6 Å². The number of anilines is 1. The molecule has 1 aliphatic rings. The highest BCUT2D eigenvalue weighted by molar-refractivity contribution is 5.99. The minimum absolute atomic E-state index is 0.0515. The van der Waals surface area contributed by atoms with E-state index in [0.29, 0.717) is 37.4 Å². The lowest BCUT2D eigenvalue weighted by Crippen LogP contribution is -2.50. The van der Waals surface area contributed by atoms with Gasteiger partial charge in [0, 0.05) is 38.8 Å². The van der Waals surface area contributed by atoms with Crippen molar-refractivity contribution in [3.05, 3.63) is 29.3 Å². The Hall–Kier alpha value is -2.04. The zero-order valence-electron chi connectivity index (χ0n) is 11.3. The summed E-state index contributed by atoms with van der Waals surface area (Å²) in [5, 5.41) is 0. The molecule has 0 radical (unpaired) electrons. The van der Waals surface area contributed by atoms with Gasteiger partial charge in [0.15, 0.2) is 0 Å². The van der Waals surface area contributed by atoms with Gasteiger partial charge in [0.05, 0.1) is 5.56 Å². The summed E-state index contributed by atoms with van der Waals surface area (Å²) in [5.74, 6) is 0.00608. The predicted molar refractivity (Wildman–Crippen MR) is 73.7 cm³/mol. The van der Waals surface area contributed by atoms with Gasteiger partial charge in [0.1, 0.15) is 0 Å². The average Bonchev–Trinajstić information content (AvgIpc) is 2.41. The molecule has 1 aromatic carbocycles. The molecule has 1 fully saturated rings. The molecule has 19 heavy (non-hydrogen) atoms. The zero-order valence-corrected chi connectivity index (χ0v) is 11.3. The van der Waals surface area contributed by atoms with Crippen molar-refractivity contribution in [1.82, 2.24) is 9.80 Å². The van der Waals surface area contributed by atoms with Crippen molar-refractivity contribution in [2.24, 2.45) is 0 Å². The smallest absolute Gasteiger partial charge is 0.256 e. The highest BCUT2D eigenvalue weighted by Crippen LogP contribution is 2.17. The first-order chi connectivity index (χ1) is 8.99. The Labute approximate surface area is 113 Å². The number of nitrogen functional groups attached to an aromatic ring is 1. The van der Waals surface area contributed by atoms with Crippen LogP contribution < -0.4 is 5.73 Å². The first-order valence-electron chi connectivity index (χ1n) is 6.40. The van der Waals surface area contributed by atoms with E-state index in [-0.39, 0.29) is 11.8 Å². The van der Waals surface area contributed by atoms with Gasteiger partial charge in [-0.05, 0) is 19.1 Å². The summed E-state index contributed by atoms with van der Waals surface area (Å²) in [4.78, 5) is 27.1. The number of amides is 2. The van der Waals surface area contributed by atoms with Crippen molar-refractivity contribution in [2.45, 2.75) is 13.8 Å². The van der Waals surface area contributed by atoms with Crippen molar-refractivity contribution in [3.63, 3.8) is 0 Å². The number of piperazine rings is 1. The zero-order chi connectivity index (χ0) is 14.0. The standard InChI is InChI=1S/C14H19N3O2/c1-10-3-4-13(15)12(9-10)14(19)17-7-5-16(6-8-17)11(2)18/h3-4,9H,5-8,15H2,1-2H3. The number of nitrogens with two attached hydrogens (primary N) is 1. The normalized spacial score (nSPS) is 15.5. The third-order valence-corrected chi connectivity index (χ3v) is 3.45. The first-order valence-corrected chi connectivity index (χ1v) is 6.40. The molecule has 2 rings (SSSR count). The monoisotopic (exact) mass is 261 g/mol. The summed E-state index contributed by atoms with van der Waals surface area (Å²) in [7, 11) is 0. The van der Waals surface area contributed by atoms with Crippen LogP contribution in [-0.2, 0) is 4.79 Å². The van der Waals surface area contributed by atoms with E-state index in [2.05, 4.69) is 0 Å². The second-order valence-electron chi connectivity index (χ2n) is 4.89. The van der Waals surface area contributed by atoms with Crippen LogP contribution in [0.2, 0.25) is 0 Å². The quantitative estimate of drug-likeness (QED) is 0.763. The van der Waals surface area contributed by atoms with Gasteiger partial charge in [-0.1, -0.05) is 11.6 Å². The third-order valence-electron chi connectivity index (χ3n) is 3.45. The molecule has 0 aromatic heterocycles. The van der Waals surface area contributed by atoms with Crippen molar-refractivity contribution in [3.8, 4) is 0 Å². The molecule has 0 aliphatic carbocycles. The van der Waals surface area contributed by atoms with Crippen LogP contribution in [0.15, 0.2) is 18.2 Å². The van der Waals surface area contributed by atoms with Gasteiger partial charge in [-0.15, -0.1) is 0 Å². The maximum atomic E-state index is 12.4. The minimum Gasteiger partial charge on any atom is -0.398 e. The fraction of sp³-hybridized carbons (Fsp3) is 0.429. The van der Waals surface area contributed by atoms with Crippen LogP contribution in [0.1, 0.15) is 22.8 Å². The highest BCUT2D eigenvalue weighted by atomic mass is 16.2. The number of benzene rings is 1. The molecule has 1 aromatic rings. The number of hydrogen-bond donors (Lipinski definition) is 1. The molecule has 2 N–H and O–H groups in total. The molecule has 102 valence electrons. The van der Waals surface area contributed by atoms with E-state index in [0.717, 1.165) is 5.56 Å². The van der Waals surface area contributed by atoms with Crippen LogP contribution in [0.25, 0.3) is 0 Å². The van der Waals surface area contributed by atoms with E-state index in [1.165, 1.54) is 0 Å². The Kier molecular flexibility index (Phi) is 3.74. The molecule has 5 nitrogen and oxygen atoms in total. The van der Waals surface area contributed by atoms with Crippen molar-refractivity contribution in [2.75, 3.05) is 31.9 Å².